The van der Waals surface area contributed by atoms with E-state index in [1.807, 2.05) is 20.8 Å². The van der Waals surface area contributed by atoms with Crippen LogP contribution in [0.3, 0.4) is 0 Å². The molecule has 1 aliphatic heterocycles. The first-order valence-corrected chi connectivity index (χ1v) is 6.33. The molecule has 0 aromatic heterocycles. The van der Waals surface area contributed by atoms with E-state index in [4.69, 9.17) is 0 Å². The van der Waals surface area contributed by atoms with E-state index in [1.54, 1.807) is 4.90 Å². The van der Waals surface area contributed by atoms with E-state index in [9.17, 15) is 9.59 Å². The molecule has 1 aliphatic rings. The number of nitrogens with one attached hydrogen (secondary N) is 2. The molecule has 0 bridgehead atoms. The lowest BCUT2D eigenvalue weighted by Gasteiger charge is -2.32. The Labute approximate surface area is 103 Å². The second kappa shape index (κ2) is 6.59. The van der Waals surface area contributed by atoms with Crippen molar-refractivity contribution in [2.24, 2.45) is 5.92 Å². The molecular weight excluding hydrogens is 218 g/mol. The van der Waals surface area contributed by atoms with Crippen molar-refractivity contribution in [1.82, 2.24) is 15.5 Å². The Bertz CT molecular complexity index is 279. The predicted octanol–water partition coefficient (Wildman–Crippen LogP) is -0.0310. The van der Waals surface area contributed by atoms with Crippen molar-refractivity contribution in [3.8, 4) is 0 Å². The van der Waals surface area contributed by atoms with Gasteiger partial charge < -0.3 is 15.5 Å². The summed E-state index contributed by atoms with van der Waals surface area (Å²) in [5.74, 6) is 0.406. The van der Waals surface area contributed by atoms with Crippen molar-refractivity contribution in [3.05, 3.63) is 0 Å². The number of piperazine rings is 1. The van der Waals surface area contributed by atoms with Gasteiger partial charge in [0.15, 0.2) is 0 Å². The Balaban J connectivity index is 2.39. The van der Waals surface area contributed by atoms with Gasteiger partial charge in [0.05, 0.1) is 12.6 Å². The summed E-state index contributed by atoms with van der Waals surface area (Å²) in [6.45, 7) is 8.29. The van der Waals surface area contributed by atoms with Crippen LogP contribution in [0.5, 0.6) is 0 Å². The topological polar surface area (TPSA) is 61.4 Å². The van der Waals surface area contributed by atoms with Crippen LogP contribution < -0.4 is 10.6 Å². The van der Waals surface area contributed by atoms with E-state index in [0.29, 0.717) is 19.0 Å². The van der Waals surface area contributed by atoms with Crippen LogP contribution in [-0.2, 0) is 9.59 Å². The average Bonchev–Trinajstić information content (AvgIpc) is 2.29. The lowest BCUT2D eigenvalue weighted by Crippen LogP contribution is -2.56. The minimum absolute atomic E-state index is 0.0402. The normalized spacial score (nSPS) is 20.8. The summed E-state index contributed by atoms with van der Waals surface area (Å²) in [6.07, 6.45) is 0.767. The van der Waals surface area contributed by atoms with E-state index >= 15 is 0 Å². The van der Waals surface area contributed by atoms with Gasteiger partial charge in [0.2, 0.25) is 11.8 Å². The molecule has 0 radical (unpaired) electrons. The zero-order valence-electron chi connectivity index (χ0n) is 11.0. The number of nitrogens with zero attached hydrogens (tertiary/aromatic N) is 1. The first kappa shape index (κ1) is 14.0. The fourth-order valence-corrected chi connectivity index (χ4v) is 1.81. The summed E-state index contributed by atoms with van der Waals surface area (Å²) >= 11 is 0. The number of carbonyl (C=O) groups excluding carboxylic acids is 2. The zero-order valence-corrected chi connectivity index (χ0v) is 11.0. The molecule has 1 rings (SSSR count). The Hall–Kier alpha value is -1.10. The van der Waals surface area contributed by atoms with Crippen LogP contribution in [0.15, 0.2) is 0 Å². The third-order valence-electron chi connectivity index (χ3n) is 2.83. The van der Waals surface area contributed by atoms with Crippen molar-refractivity contribution in [1.29, 1.82) is 0 Å². The zero-order chi connectivity index (χ0) is 12.8. The third kappa shape index (κ3) is 4.34. The highest BCUT2D eigenvalue weighted by molar-refractivity contribution is 5.88. The Morgan fingerprint density at radius 1 is 1.59 bits per heavy atom. The fraction of sp³-hybridized carbons (Fsp3) is 0.833. The van der Waals surface area contributed by atoms with Gasteiger partial charge in [0.1, 0.15) is 0 Å². The second-order valence-corrected chi connectivity index (χ2v) is 4.87. The van der Waals surface area contributed by atoms with Gasteiger partial charge in [-0.25, -0.2) is 0 Å². The molecule has 2 N–H and O–H groups in total. The van der Waals surface area contributed by atoms with Gasteiger partial charge in [-0.1, -0.05) is 20.8 Å². The summed E-state index contributed by atoms with van der Waals surface area (Å²) in [4.78, 5) is 25.2. The van der Waals surface area contributed by atoms with Gasteiger partial charge in [-0.15, -0.1) is 0 Å². The molecule has 1 unspecified atom stereocenters. The van der Waals surface area contributed by atoms with Crippen molar-refractivity contribution in [3.63, 3.8) is 0 Å². The summed E-state index contributed by atoms with van der Waals surface area (Å²) in [7, 11) is 0. The summed E-state index contributed by atoms with van der Waals surface area (Å²) in [6, 6.07) is -0.123. The summed E-state index contributed by atoms with van der Waals surface area (Å²) in [5.41, 5.74) is 0. The molecule has 2 amide bonds. The van der Waals surface area contributed by atoms with Crippen LogP contribution in [0.4, 0.5) is 0 Å². The Morgan fingerprint density at radius 3 is 2.88 bits per heavy atom. The second-order valence-electron chi connectivity index (χ2n) is 4.87. The van der Waals surface area contributed by atoms with E-state index in [1.165, 1.54) is 0 Å². The summed E-state index contributed by atoms with van der Waals surface area (Å²) in [5, 5.41) is 5.98. The maximum absolute atomic E-state index is 11.9. The van der Waals surface area contributed by atoms with Gasteiger partial charge in [0.25, 0.3) is 0 Å². The van der Waals surface area contributed by atoms with Crippen LogP contribution in [-0.4, -0.2) is 48.9 Å². The third-order valence-corrected chi connectivity index (χ3v) is 2.83. The molecule has 5 heteroatoms. The number of hydrogen-bond acceptors (Lipinski definition) is 3. The molecule has 1 saturated heterocycles. The SMILES string of the molecule is CCC1NCCN(CC(=O)NCC(C)C)C1=O. The molecule has 0 aliphatic carbocycles. The molecule has 0 spiro atoms. The van der Waals surface area contributed by atoms with Crippen LogP contribution in [0.25, 0.3) is 0 Å². The summed E-state index contributed by atoms with van der Waals surface area (Å²) < 4.78 is 0. The molecular formula is C12H23N3O2. The Morgan fingerprint density at radius 2 is 2.29 bits per heavy atom. The predicted molar refractivity (Wildman–Crippen MR) is 66.5 cm³/mol. The van der Waals surface area contributed by atoms with Gasteiger partial charge >= 0.3 is 0 Å². The molecule has 1 atom stereocenters. The highest BCUT2D eigenvalue weighted by Gasteiger charge is 2.27. The number of amides is 2. The van der Waals surface area contributed by atoms with Crippen molar-refractivity contribution in [2.75, 3.05) is 26.2 Å². The lowest BCUT2D eigenvalue weighted by molar-refractivity contribution is -0.139. The molecule has 5 nitrogen and oxygen atoms in total. The maximum Gasteiger partial charge on any atom is 0.240 e. The van der Waals surface area contributed by atoms with E-state index in [2.05, 4.69) is 10.6 Å². The van der Waals surface area contributed by atoms with E-state index in [-0.39, 0.29) is 24.4 Å². The highest BCUT2D eigenvalue weighted by Crippen LogP contribution is 2.04. The molecule has 1 fully saturated rings. The van der Waals surface area contributed by atoms with Crippen molar-refractivity contribution < 1.29 is 9.59 Å². The standard InChI is InChI=1S/C12H23N3O2/c1-4-10-12(17)15(6-5-13-10)8-11(16)14-7-9(2)3/h9-10,13H,4-8H2,1-3H3,(H,14,16). The minimum Gasteiger partial charge on any atom is -0.354 e. The van der Waals surface area contributed by atoms with Gasteiger partial charge in [0, 0.05) is 19.6 Å². The number of hydrogen-bond donors (Lipinski definition) is 2. The maximum atomic E-state index is 11.9. The lowest BCUT2D eigenvalue weighted by atomic mass is 10.1. The van der Waals surface area contributed by atoms with Crippen molar-refractivity contribution in [2.45, 2.75) is 33.2 Å². The molecule has 0 saturated carbocycles. The smallest absolute Gasteiger partial charge is 0.240 e. The monoisotopic (exact) mass is 241 g/mol. The van der Waals surface area contributed by atoms with E-state index in [0.717, 1.165) is 13.0 Å². The molecule has 98 valence electrons. The Kier molecular flexibility index (Phi) is 5.41. The molecule has 1 heterocycles. The molecule has 17 heavy (non-hydrogen) atoms. The first-order chi connectivity index (χ1) is 8.04. The van der Waals surface area contributed by atoms with Crippen LogP contribution in [0, 0.1) is 5.92 Å². The molecule has 0 aromatic carbocycles. The van der Waals surface area contributed by atoms with Crippen LogP contribution in [0.2, 0.25) is 0 Å². The van der Waals surface area contributed by atoms with Gasteiger partial charge in [-0.2, -0.15) is 0 Å². The fourth-order valence-electron chi connectivity index (χ4n) is 1.81. The highest BCUT2D eigenvalue weighted by atomic mass is 16.2. The first-order valence-electron chi connectivity index (χ1n) is 6.33. The largest absolute Gasteiger partial charge is 0.354 e. The van der Waals surface area contributed by atoms with Gasteiger partial charge in [-0.05, 0) is 12.3 Å². The molecule has 0 aromatic rings. The minimum atomic E-state index is -0.123. The van der Waals surface area contributed by atoms with Crippen LogP contribution in [0.1, 0.15) is 27.2 Å². The van der Waals surface area contributed by atoms with Gasteiger partial charge in [-0.3, -0.25) is 9.59 Å². The number of rotatable bonds is 5. The van der Waals surface area contributed by atoms with Crippen LogP contribution >= 0.6 is 0 Å². The van der Waals surface area contributed by atoms with E-state index < -0.39 is 0 Å². The average molecular weight is 241 g/mol. The van der Waals surface area contributed by atoms with Crippen molar-refractivity contribution >= 4 is 11.8 Å². The number of carbonyl (C=O) groups is 2. The quantitative estimate of drug-likeness (QED) is 0.710.